The molecule has 0 fully saturated rings. The number of halogens is 2. The molecular weight excluding hydrogens is 403 g/mol. The van der Waals surface area contributed by atoms with Gasteiger partial charge in [-0.25, -0.2) is 0 Å². The van der Waals surface area contributed by atoms with Gasteiger partial charge in [-0.2, -0.15) is 0 Å². The van der Waals surface area contributed by atoms with Crippen molar-refractivity contribution in [2.24, 2.45) is 0 Å². The fraction of sp³-hybridized carbons (Fsp3) is 0.300. The number of amides is 2. The number of hydrogen-bond donors (Lipinski definition) is 1. The highest BCUT2D eigenvalue weighted by Crippen LogP contribution is 2.24. The van der Waals surface area contributed by atoms with Gasteiger partial charge < -0.3 is 10.2 Å². The number of rotatable bonds is 8. The molecule has 0 aliphatic carbocycles. The van der Waals surface area contributed by atoms with E-state index in [-0.39, 0.29) is 24.1 Å². The van der Waals surface area contributed by atoms with Crippen molar-refractivity contribution >= 4 is 46.8 Å². The van der Waals surface area contributed by atoms with Gasteiger partial charge in [0.1, 0.15) is 6.04 Å². The number of nitrogens with one attached hydrogen (secondary N) is 1. The number of hydrogen-bond acceptors (Lipinski definition) is 3. The first-order valence-electron chi connectivity index (χ1n) is 8.61. The SMILES string of the molecule is CCNC(=O)C(C)N(Cc1ccc(Cl)cc1Cl)C(=O)CSc1ccccc1. The molecule has 0 aromatic heterocycles. The average molecular weight is 425 g/mol. The first-order valence-corrected chi connectivity index (χ1v) is 10.4. The molecular formula is C20H22Cl2N2O2S. The summed E-state index contributed by atoms with van der Waals surface area (Å²) < 4.78 is 0. The van der Waals surface area contributed by atoms with Gasteiger partial charge >= 0.3 is 0 Å². The fourth-order valence-corrected chi connectivity index (χ4v) is 3.76. The van der Waals surface area contributed by atoms with Crippen molar-refractivity contribution in [3.8, 4) is 0 Å². The Balaban J connectivity index is 2.17. The molecule has 2 aromatic carbocycles. The second-order valence-electron chi connectivity index (χ2n) is 5.93. The van der Waals surface area contributed by atoms with Crippen LogP contribution < -0.4 is 5.32 Å². The second kappa shape index (κ2) is 10.6. The molecule has 144 valence electrons. The van der Waals surface area contributed by atoms with Crippen LogP contribution in [-0.4, -0.2) is 35.1 Å². The summed E-state index contributed by atoms with van der Waals surface area (Å²) in [5, 5.41) is 3.77. The van der Waals surface area contributed by atoms with Gasteiger partial charge in [-0.15, -0.1) is 11.8 Å². The Kier molecular flexibility index (Phi) is 8.48. The topological polar surface area (TPSA) is 49.4 Å². The van der Waals surface area contributed by atoms with E-state index in [9.17, 15) is 9.59 Å². The summed E-state index contributed by atoms with van der Waals surface area (Å²) in [6.45, 7) is 4.31. The minimum atomic E-state index is -0.611. The van der Waals surface area contributed by atoms with E-state index in [2.05, 4.69) is 5.32 Å². The monoisotopic (exact) mass is 424 g/mol. The predicted octanol–water partition coefficient (Wildman–Crippen LogP) is 4.64. The highest BCUT2D eigenvalue weighted by Gasteiger charge is 2.26. The molecule has 0 heterocycles. The first kappa shape index (κ1) is 21.6. The van der Waals surface area contributed by atoms with Crippen molar-refractivity contribution in [2.45, 2.75) is 31.3 Å². The second-order valence-corrected chi connectivity index (χ2v) is 7.82. The Labute approximate surface area is 174 Å². The van der Waals surface area contributed by atoms with Crippen LogP contribution in [0.15, 0.2) is 53.4 Å². The van der Waals surface area contributed by atoms with Crippen LogP contribution in [0.5, 0.6) is 0 Å². The number of nitrogens with zero attached hydrogens (tertiary/aromatic N) is 1. The van der Waals surface area contributed by atoms with Gasteiger partial charge in [0.05, 0.1) is 5.75 Å². The molecule has 0 spiro atoms. The molecule has 27 heavy (non-hydrogen) atoms. The van der Waals surface area contributed by atoms with E-state index in [1.807, 2.05) is 37.3 Å². The van der Waals surface area contributed by atoms with E-state index in [4.69, 9.17) is 23.2 Å². The van der Waals surface area contributed by atoms with E-state index in [1.54, 1.807) is 30.0 Å². The Morgan fingerprint density at radius 1 is 1.15 bits per heavy atom. The van der Waals surface area contributed by atoms with Gasteiger partial charge in [0.25, 0.3) is 0 Å². The standard InChI is InChI=1S/C20H22Cl2N2O2S/c1-3-23-20(26)14(2)24(12-15-9-10-16(21)11-18(15)22)19(25)13-27-17-7-5-4-6-8-17/h4-11,14H,3,12-13H2,1-2H3,(H,23,26). The molecule has 0 aliphatic heterocycles. The quantitative estimate of drug-likeness (QED) is 0.627. The molecule has 2 aromatic rings. The normalized spacial score (nSPS) is 11.7. The Morgan fingerprint density at radius 3 is 2.48 bits per heavy atom. The maximum atomic E-state index is 12.9. The summed E-state index contributed by atoms with van der Waals surface area (Å²) in [7, 11) is 0. The van der Waals surface area contributed by atoms with Gasteiger partial charge in [0.15, 0.2) is 0 Å². The zero-order chi connectivity index (χ0) is 19.8. The van der Waals surface area contributed by atoms with Crippen molar-refractivity contribution in [1.29, 1.82) is 0 Å². The molecule has 1 atom stereocenters. The number of likely N-dealkylation sites (N-methyl/N-ethyl adjacent to an activating group) is 1. The van der Waals surface area contributed by atoms with E-state index in [0.29, 0.717) is 16.6 Å². The summed E-state index contributed by atoms with van der Waals surface area (Å²) >= 11 is 13.7. The van der Waals surface area contributed by atoms with Crippen molar-refractivity contribution in [3.63, 3.8) is 0 Å². The van der Waals surface area contributed by atoms with Crippen molar-refractivity contribution < 1.29 is 9.59 Å². The van der Waals surface area contributed by atoms with Crippen LogP contribution in [0.1, 0.15) is 19.4 Å². The molecule has 0 bridgehead atoms. The zero-order valence-electron chi connectivity index (χ0n) is 15.2. The van der Waals surface area contributed by atoms with Gasteiger partial charge in [-0.1, -0.05) is 47.5 Å². The molecule has 0 saturated carbocycles. The van der Waals surface area contributed by atoms with Crippen molar-refractivity contribution in [3.05, 3.63) is 64.1 Å². The Morgan fingerprint density at radius 2 is 1.85 bits per heavy atom. The molecule has 1 unspecified atom stereocenters. The van der Waals surface area contributed by atoms with Crippen LogP contribution >= 0.6 is 35.0 Å². The summed E-state index contributed by atoms with van der Waals surface area (Å²) in [5.41, 5.74) is 0.746. The maximum absolute atomic E-state index is 12.9. The van der Waals surface area contributed by atoms with Crippen molar-refractivity contribution in [2.75, 3.05) is 12.3 Å². The number of carbonyl (C=O) groups excluding carboxylic acids is 2. The number of carbonyl (C=O) groups is 2. The Bertz CT molecular complexity index is 787. The molecule has 2 amide bonds. The smallest absolute Gasteiger partial charge is 0.242 e. The van der Waals surface area contributed by atoms with Gasteiger partial charge in [-0.3, -0.25) is 9.59 Å². The molecule has 0 aliphatic rings. The van der Waals surface area contributed by atoms with E-state index in [0.717, 1.165) is 10.5 Å². The maximum Gasteiger partial charge on any atom is 0.242 e. The van der Waals surface area contributed by atoms with Crippen LogP contribution in [0.25, 0.3) is 0 Å². The van der Waals surface area contributed by atoms with Gasteiger partial charge in [0, 0.05) is 28.0 Å². The lowest BCUT2D eigenvalue weighted by atomic mass is 10.1. The summed E-state index contributed by atoms with van der Waals surface area (Å²) in [6.07, 6.45) is 0. The summed E-state index contributed by atoms with van der Waals surface area (Å²) in [4.78, 5) is 27.8. The van der Waals surface area contributed by atoms with Crippen LogP contribution in [0.3, 0.4) is 0 Å². The fourth-order valence-electron chi connectivity index (χ4n) is 2.48. The van der Waals surface area contributed by atoms with Crippen LogP contribution in [0.2, 0.25) is 10.0 Å². The molecule has 0 radical (unpaired) electrons. The van der Waals surface area contributed by atoms with Crippen LogP contribution in [-0.2, 0) is 16.1 Å². The lowest BCUT2D eigenvalue weighted by Gasteiger charge is -2.29. The summed E-state index contributed by atoms with van der Waals surface area (Å²) in [5.74, 6) is -0.0897. The average Bonchev–Trinajstić information content (AvgIpc) is 2.66. The number of benzene rings is 2. The predicted molar refractivity (Wildman–Crippen MR) is 112 cm³/mol. The van der Waals surface area contributed by atoms with E-state index >= 15 is 0 Å². The molecule has 7 heteroatoms. The lowest BCUT2D eigenvalue weighted by Crippen LogP contribution is -2.48. The lowest BCUT2D eigenvalue weighted by molar-refractivity contribution is -0.138. The molecule has 2 rings (SSSR count). The van der Waals surface area contributed by atoms with Gasteiger partial charge in [-0.05, 0) is 43.7 Å². The summed E-state index contributed by atoms with van der Waals surface area (Å²) in [6, 6.07) is 14.2. The highest BCUT2D eigenvalue weighted by molar-refractivity contribution is 8.00. The molecule has 1 N–H and O–H groups in total. The minimum Gasteiger partial charge on any atom is -0.355 e. The number of thioether (sulfide) groups is 1. The third-order valence-electron chi connectivity index (χ3n) is 3.98. The molecule has 4 nitrogen and oxygen atoms in total. The van der Waals surface area contributed by atoms with E-state index in [1.165, 1.54) is 11.8 Å². The largest absolute Gasteiger partial charge is 0.355 e. The highest BCUT2D eigenvalue weighted by atomic mass is 35.5. The third kappa shape index (κ3) is 6.45. The van der Waals surface area contributed by atoms with Crippen LogP contribution in [0, 0.1) is 0 Å². The minimum absolute atomic E-state index is 0.131. The molecule has 0 saturated heterocycles. The van der Waals surface area contributed by atoms with E-state index < -0.39 is 6.04 Å². The zero-order valence-corrected chi connectivity index (χ0v) is 17.6. The Hall–Kier alpha value is -1.69. The first-order chi connectivity index (χ1) is 12.9. The van der Waals surface area contributed by atoms with Gasteiger partial charge in [0.2, 0.25) is 11.8 Å². The van der Waals surface area contributed by atoms with Crippen molar-refractivity contribution in [1.82, 2.24) is 10.2 Å². The van der Waals surface area contributed by atoms with Crippen LogP contribution in [0.4, 0.5) is 0 Å². The third-order valence-corrected chi connectivity index (χ3v) is 5.56.